The fourth-order valence-corrected chi connectivity index (χ4v) is 3.67. The van der Waals surface area contributed by atoms with E-state index >= 15 is 0 Å². The van der Waals surface area contributed by atoms with Crippen molar-refractivity contribution < 1.29 is 9.53 Å². The summed E-state index contributed by atoms with van der Waals surface area (Å²) in [6.07, 6.45) is 10.7. The number of amides is 1. The molecule has 0 N–H and O–H groups in total. The van der Waals surface area contributed by atoms with Crippen LogP contribution in [0.15, 0.2) is 23.3 Å². The third-order valence-corrected chi connectivity index (χ3v) is 5.10. The van der Waals surface area contributed by atoms with Gasteiger partial charge in [0.1, 0.15) is 5.65 Å². The van der Waals surface area contributed by atoms with Gasteiger partial charge in [-0.2, -0.15) is 0 Å². The second-order valence-electron chi connectivity index (χ2n) is 7.32. The first-order valence-electron chi connectivity index (χ1n) is 9.74. The highest BCUT2D eigenvalue weighted by Gasteiger charge is 2.24. The fraction of sp³-hybridized carbons (Fsp3) is 0.571. The first-order chi connectivity index (χ1) is 12.6. The Morgan fingerprint density at radius 1 is 1.38 bits per heavy atom. The van der Waals surface area contributed by atoms with Crippen LogP contribution in [0.2, 0.25) is 0 Å². The molecule has 1 fully saturated rings. The topological polar surface area (TPSA) is 56.0 Å². The van der Waals surface area contributed by atoms with Crippen LogP contribution in [0.3, 0.4) is 0 Å². The van der Waals surface area contributed by atoms with Crippen LogP contribution in [0.25, 0.3) is 5.65 Å². The molecule has 0 aromatic carbocycles. The van der Waals surface area contributed by atoms with Crippen molar-refractivity contribution in [3.8, 4) is 0 Å². The van der Waals surface area contributed by atoms with Gasteiger partial charge in [-0.1, -0.05) is 19.8 Å². The lowest BCUT2D eigenvalue weighted by Crippen LogP contribution is -2.10. The molecule has 0 bridgehead atoms. The average molecular weight is 355 g/mol. The molecule has 2 aromatic heterocycles. The summed E-state index contributed by atoms with van der Waals surface area (Å²) in [5, 5.41) is 0. The molecule has 5 nitrogen and oxygen atoms in total. The fourth-order valence-electron chi connectivity index (χ4n) is 3.67. The van der Waals surface area contributed by atoms with E-state index in [4.69, 9.17) is 4.74 Å². The van der Waals surface area contributed by atoms with E-state index in [2.05, 4.69) is 16.9 Å². The number of fused-ring (bicyclic) bond motifs is 1. The number of carbonyl (C=O) groups is 1. The lowest BCUT2D eigenvalue weighted by molar-refractivity contribution is 0.0547. The number of aryl methyl sites for hydroxylation is 2. The van der Waals surface area contributed by atoms with Gasteiger partial charge in [0.2, 0.25) is 0 Å². The van der Waals surface area contributed by atoms with E-state index < -0.39 is 0 Å². The molecule has 3 rings (SSSR count). The highest BCUT2D eigenvalue weighted by Crippen LogP contribution is 2.27. The number of unbranched alkanes of at least 4 members (excludes halogenated alkanes) is 2. The van der Waals surface area contributed by atoms with E-state index in [0.717, 1.165) is 43.7 Å². The van der Waals surface area contributed by atoms with Crippen LogP contribution in [0.4, 0.5) is 0 Å². The Hall–Kier alpha value is -2.01. The number of aliphatic imine (C=N–C) groups is 1. The van der Waals surface area contributed by atoms with Crippen LogP contribution < -0.4 is 0 Å². The minimum atomic E-state index is -0.211. The lowest BCUT2D eigenvalue weighted by Gasteiger charge is -2.10. The van der Waals surface area contributed by atoms with Crippen molar-refractivity contribution in [2.45, 2.75) is 65.4 Å². The Balaban J connectivity index is 1.59. The molecule has 26 heavy (non-hydrogen) atoms. The predicted molar refractivity (Wildman–Crippen MR) is 104 cm³/mol. The zero-order valence-electron chi connectivity index (χ0n) is 16.1. The standard InChI is InChI=1S/C21H29N3O2/c1-4-5-6-11-26-18-8-7-17(13-18)14-22-21(25)19-9-10-24-16(3)12-15(2)23-20(19)24/h9-10,12,14,17-18H,4-8,11,13H2,1-3H3/t17?,18-/m0/s1. The molecule has 0 spiro atoms. The lowest BCUT2D eigenvalue weighted by atomic mass is 10.1. The van der Waals surface area contributed by atoms with E-state index in [0.29, 0.717) is 23.2 Å². The highest BCUT2D eigenvalue weighted by molar-refractivity contribution is 6.04. The van der Waals surface area contributed by atoms with Gasteiger partial charge in [0.15, 0.2) is 0 Å². The zero-order valence-corrected chi connectivity index (χ0v) is 16.1. The molecular formula is C21H29N3O2. The van der Waals surface area contributed by atoms with E-state index in [9.17, 15) is 4.79 Å². The summed E-state index contributed by atoms with van der Waals surface area (Å²) in [4.78, 5) is 21.3. The van der Waals surface area contributed by atoms with Crippen LogP contribution >= 0.6 is 0 Å². The van der Waals surface area contributed by atoms with Gasteiger partial charge in [-0.15, -0.1) is 0 Å². The third kappa shape index (κ3) is 4.39. The van der Waals surface area contributed by atoms with E-state index in [1.165, 1.54) is 12.8 Å². The average Bonchev–Trinajstić information content (AvgIpc) is 3.23. The van der Waals surface area contributed by atoms with Gasteiger partial charge in [0.05, 0.1) is 11.7 Å². The molecule has 1 amide bonds. The van der Waals surface area contributed by atoms with E-state index in [1.54, 1.807) is 0 Å². The van der Waals surface area contributed by atoms with Gasteiger partial charge < -0.3 is 9.14 Å². The maximum atomic E-state index is 12.5. The molecular weight excluding hydrogens is 326 g/mol. The highest BCUT2D eigenvalue weighted by atomic mass is 16.5. The Labute approximate surface area is 155 Å². The number of rotatable bonds is 7. The van der Waals surface area contributed by atoms with Crippen molar-refractivity contribution in [3.63, 3.8) is 0 Å². The Morgan fingerprint density at radius 2 is 2.23 bits per heavy atom. The smallest absolute Gasteiger partial charge is 0.280 e. The summed E-state index contributed by atoms with van der Waals surface area (Å²) < 4.78 is 7.87. The molecule has 1 aliphatic rings. The largest absolute Gasteiger partial charge is 0.378 e. The number of ether oxygens (including phenoxy) is 1. The predicted octanol–water partition coefficient (Wildman–Crippen LogP) is 4.54. The van der Waals surface area contributed by atoms with Gasteiger partial charge in [0.25, 0.3) is 5.91 Å². The van der Waals surface area contributed by atoms with Gasteiger partial charge in [-0.05, 0) is 57.6 Å². The van der Waals surface area contributed by atoms with Crippen LogP contribution in [0.1, 0.15) is 67.2 Å². The number of hydrogen-bond acceptors (Lipinski definition) is 3. The summed E-state index contributed by atoms with van der Waals surface area (Å²) in [5.74, 6) is 0.123. The number of carbonyl (C=O) groups excluding carboxylic acids is 1. The number of hydrogen-bond donors (Lipinski definition) is 0. The molecule has 0 aliphatic heterocycles. The zero-order chi connectivity index (χ0) is 18.5. The van der Waals surface area contributed by atoms with E-state index in [-0.39, 0.29) is 5.91 Å². The van der Waals surface area contributed by atoms with Crippen molar-refractivity contribution in [2.75, 3.05) is 6.61 Å². The minimum Gasteiger partial charge on any atom is -0.378 e. The maximum Gasteiger partial charge on any atom is 0.280 e. The molecule has 2 aromatic rings. The van der Waals surface area contributed by atoms with Crippen LogP contribution in [0.5, 0.6) is 0 Å². The second kappa shape index (κ2) is 8.58. The van der Waals surface area contributed by atoms with Crippen LogP contribution in [-0.4, -0.2) is 34.2 Å². The normalized spacial score (nSPS) is 20.4. The van der Waals surface area contributed by atoms with Crippen molar-refractivity contribution in [2.24, 2.45) is 10.9 Å². The number of aromatic nitrogens is 2. The molecule has 140 valence electrons. The summed E-state index contributed by atoms with van der Waals surface area (Å²) >= 11 is 0. The van der Waals surface area contributed by atoms with Gasteiger partial charge in [-0.25, -0.2) is 9.98 Å². The Bertz CT molecular complexity index is 794. The van der Waals surface area contributed by atoms with Crippen molar-refractivity contribution >= 4 is 17.8 Å². The SMILES string of the molecule is CCCCCO[C@H]1CCC(C=NC(=O)c2ccn3c(C)cc(C)nc23)C1. The quantitative estimate of drug-likeness (QED) is 0.541. The summed E-state index contributed by atoms with van der Waals surface area (Å²) in [5.41, 5.74) is 3.23. The minimum absolute atomic E-state index is 0.211. The van der Waals surface area contributed by atoms with Gasteiger partial charge >= 0.3 is 0 Å². The molecule has 1 aliphatic carbocycles. The first-order valence-corrected chi connectivity index (χ1v) is 9.74. The van der Waals surface area contributed by atoms with Crippen molar-refractivity contribution in [1.82, 2.24) is 9.38 Å². The van der Waals surface area contributed by atoms with Crippen molar-refractivity contribution in [3.05, 3.63) is 35.3 Å². The maximum absolute atomic E-state index is 12.5. The monoisotopic (exact) mass is 355 g/mol. The van der Waals surface area contributed by atoms with Crippen LogP contribution in [0, 0.1) is 19.8 Å². The first kappa shape index (κ1) is 18.8. The second-order valence-corrected chi connectivity index (χ2v) is 7.32. The van der Waals surface area contributed by atoms with Crippen LogP contribution in [-0.2, 0) is 4.74 Å². The Kier molecular flexibility index (Phi) is 6.20. The Morgan fingerprint density at radius 3 is 3.04 bits per heavy atom. The molecule has 0 saturated heterocycles. The molecule has 5 heteroatoms. The molecule has 1 saturated carbocycles. The summed E-state index contributed by atoms with van der Waals surface area (Å²) in [7, 11) is 0. The van der Waals surface area contributed by atoms with Gasteiger partial charge in [0, 0.05) is 30.4 Å². The molecule has 1 unspecified atom stereocenters. The molecule has 2 heterocycles. The third-order valence-electron chi connectivity index (χ3n) is 5.10. The van der Waals surface area contributed by atoms with Gasteiger partial charge in [-0.3, -0.25) is 4.79 Å². The summed E-state index contributed by atoms with van der Waals surface area (Å²) in [6.45, 7) is 7.00. The summed E-state index contributed by atoms with van der Waals surface area (Å²) in [6, 6.07) is 3.81. The van der Waals surface area contributed by atoms with E-state index in [1.807, 2.05) is 42.8 Å². The molecule has 2 atom stereocenters. The molecule has 0 radical (unpaired) electrons. The number of nitrogens with zero attached hydrogens (tertiary/aromatic N) is 3. The van der Waals surface area contributed by atoms with Crippen molar-refractivity contribution in [1.29, 1.82) is 0 Å².